The molecular formula is C18H24N2. The van der Waals surface area contributed by atoms with Crippen molar-refractivity contribution in [3.05, 3.63) is 48.0 Å². The molecule has 0 spiro atoms. The van der Waals surface area contributed by atoms with Crippen molar-refractivity contribution < 1.29 is 0 Å². The predicted octanol–water partition coefficient (Wildman–Crippen LogP) is 3.41. The summed E-state index contributed by atoms with van der Waals surface area (Å²) < 4.78 is 0. The van der Waals surface area contributed by atoms with Crippen LogP contribution in [-0.2, 0) is 6.54 Å². The molecule has 1 fully saturated rings. The molecule has 20 heavy (non-hydrogen) atoms. The maximum atomic E-state index is 3.61. The molecule has 1 N–H and O–H groups in total. The summed E-state index contributed by atoms with van der Waals surface area (Å²) >= 11 is 0. The highest BCUT2D eigenvalue weighted by Crippen LogP contribution is 2.19. The van der Waals surface area contributed by atoms with Crippen molar-refractivity contribution in [2.45, 2.75) is 31.8 Å². The lowest BCUT2D eigenvalue weighted by Crippen LogP contribution is -2.29. The van der Waals surface area contributed by atoms with E-state index in [1.165, 1.54) is 42.1 Å². The number of likely N-dealkylation sites (tertiary alicyclic amines) is 1. The number of nitrogens with one attached hydrogen (secondary N) is 1. The van der Waals surface area contributed by atoms with Crippen LogP contribution < -0.4 is 5.32 Å². The number of hydrogen-bond donors (Lipinski definition) is 1. The summed E-state index contributed by atoms with van der Waals surface area (Å²) in [5.74, 6) is 0. The molecule has 0 radical (unpaired) electrons. The molecule has 1 atom stereocenters. The molecule has 0 bridgehead atoms. The van der Waals surface area contributed by atoms with Crippen molar-refractivity contribution in [1.82, 2.24) is 10.2 Å². The predicted molar refractivity (Wildman–Crippen MR) is 85.9 cm³/mol. The quantitative estimate of drug-likeness (QED) is 0.836. The van der Waals surface area contributed by atoms with Crippen molar-refractivity contribution in [2.75, 3.05) is 20.1 Å². The largest absolute Gasteiger partial charge is 0.313 e. The molecule has 1 unspecified atom stereocenters. The fourth-order valence-electron chi connectivity index (χ4n) is 3.28. The van der Waals surface area contributed by atoms with E-state index in [2.05, 4.69) is 59.7 Å². The van der Waals surface area contributed by atoms with Gasteiger partial charge in [-0.05, 0) is 55.7 Å². The maximum Gasteiger partial charge on any atom is 0.0211 e. The highest BCUT2D eigenvalue weighted by atomic mass is 15.1. The molecule has 0 aliphatic carbocycles. The fourth-order valence-corrected chi connectivity index (χ4v) is 3.28. The Kier molecular flexibility index (Phi) is 4.34. The molecule has 2 heteroatoms. The lowest BCUT2D eigenvalue weighted by Gasteiger charge is -2.19. The van der Waals surface area contributed by atoms with E-state index in [0.29, 0.717) is 0 Å². The molecule has 106 valence electrons. The second kappa shape index (κ2) is 6.38. The Balaban J connectivity index is 1.55. The van der Waals surface area contributed by atoms with Gasteiger partial charge in [-0.3, -0.25) is 0 Å². The average Bonchev–Trinajstić information content (AvgIpc) is 2.89. The summed E-state index contributed by atoms with van der Waals surface area (Å²) in [6, 6.07) is 16.0. The van der Waals surface area contributed by atoms with E-state index in [-0.39, 0.29) is 0 Å². The molecule has 2 aromatic carbocycles. The standard InChI is InChI=1S/C18H24N2/c1-20-13-5-9-17(20)11-12-19-14-16-8-4-7-15-6-2-3-10-18(15)16/h2-4,6-8,10,17,19H,5,9,11-14H2,1H3. The Morgan fingerprint density at radius 1 is 1.15 bits per heavy atom. The van der Waals surface area contributed by atoms with Gasteiger partial charge in [-0.1, -0.05) is 42.5 Å². The third kappa shape index (κ3) is 3.02. The van der Waals surface area contributed by atoms with Gasteiger partial charge in [0.05, 0.1) is 0 Å². The summed E-state index contributed by atoms with van der Waals surface area (Å²) in [6.45, 7) is 3.35. The smallest absolute Gasteiger partial charge is 0.0211 e. The molecule has 2 aromatic rings. The van der Waals surface area contributed by atoms with Gasteiger partial charge in [-0.15, -0.1) is 0 Å². The van der Waals surface area contributed by atoms with E-state index in [1.807, 2.05) is 0 Å². The Morgan fingerprint density at radius 2 is 2.00 bits per heavy atom. The Hall–Kier alpha value is -1.38. The minimum Gasteiger partial charge on any atom is -0.313 e. The summed E-state index contributed by atoms with van der Waals surface area (Å²) in [5.41, 5.74) is 1.41. The van der Waals surface area contributed by atoms with Crippen LogP contribution in [0.15, 0.2) is 42.5 Å². The summed E-state index contributed by atoms with van der Waals surface area (Å²) in [5, 5.41) is 6.33. The first-order valence-corrected chi connectivity index (χ1v) is 7.72. The second-order valence-corrected chi connectivity index (χ2v) is 5.88. The van der Waals surface area contributed by atoms with Crippen LogP contribution in [-0.4, -0.2) is 31.1 Å². The molecule has 1 heterocycles. The van der Waals surface area contributed by atoms with Crippen molar-refractivity contribution in [1.29, 1.82) is 0 Å². The van der Waals surface area contributed by atoms with Crippen molar-refractivity contribution >= 4 is 10.8 Å². The zero-order valence-electron chi connectivity index (χ0n) is 12.3. The van der Waals surface area contributed by atoms with Crippen LogP contribution in [0.3, 0.4) is 0 Å². The Labute approximate surface area is 121 Å². The third-order valence-electron chi connectivity index (χ3n) is 4.52. The minimum absolute atomic E-state index is 0.787. The van der Waals surface area contributed by atoms with Crippen molar-refractivity contribution in [2.24, 2.45) is 0 Å². The van der Waals surface area contributed by atoms with Gasteiger partial charge in [-0.25, -0.2) is 0 Å². The van der Waals surface area contributed by atoms with E-state index in [1.54, 1.807) is 0 Å². The van der Waals surface area contributed by atoms with Crippen LogP contribution in [0.1, 0.15) is 24.8 Å². The van der Waals surface area contributed by atoms with Gasteiger partial charge in [0.1, 0.15) is 0 Å². The van der Waals surface area contributed by atoms with E-state index in [9.17, 15) is 0 Å². The van der Waals surface area contributed by atoms with Gasteiger partial charge in [0.15, 0.2) is 0 Å². The number of fused-ring (bicyclic) bond motifs is 1. The van der Waals surface area contributed by atoms with Crippen LogP contribution in [0, 0.1) is 0 Å². The first kappa shape index (κ1) is 13.6. The molecular weight excluding hydrogens is 244 g/mol. The zero-order valence-corrected chi connectivity index (χ0v) is 12.3. The first-order valence-electron chi connectivity index (χ1n) is 7.72. The Bertz CT molecular complexity index is 559. The lowest BCUT2D eigenvalue weighted by molar-refractivity contribution is 0.293. The van der Waals surface area contributed by atoms with Crippen LogP contribution >= 0.6 is 0 Å². The number of hydrogen-bond acceptors (Lipinski definition) is 2. The molecule has 1 aliphatic rings. The van der Waals surface area contributed by atoms with E-state index in [4.69, 9.17) is 0 Å². The molecule has 1 aliphatic heterocycles. The molecule has 0 saturated carbocycles. The number of rotatable bonds is 5. The summed E-state index contributed by atoms with van der Waals surface area (Å²) in [7, 11) is 2.25. The van der Waals surface area contributed by atoms with Gasteiger partial charge in [0.2, 0.25) is 0 Å². The van der Waals surface area contributed by atoms with Gasteiger partial charge in [0, 0.05) is 12.6 Å². The number of benzene rings is 2. The third-order valence-corrected chi connectivity index (χ3v) is 4.52. The van der Waals surface area contributed by atoms with E-state index in [0.717, 1.165) is 19.1 Å². The first-order chi connectivity index (χ1) is 9.84. The highest BCUT2D eigenvalue weighted by molar-refractivity contribution is 5.85. The van der Waals surface area contributed by atoms with Gasteiger partial charge in [-0.2, -0.15) is 0 Å². The highest BCUT2D eigenvalue weighted by Gasteiger charge is 2.19. The van der Waals surface area contributed by atoms with Crippen LogP contribution in [0.25, 0.3) is 10.8 Å². The average molecular weight is 268 g/mol. The second-order valence-electron chi connectivity index (χ2n) is 5.88. The van der Waals surface area contributed by atoms with Gasteiger partial charge < -0.3 is 10.2 Å². The van der Waals surface area contributed by atoms with E-state index < -0.39 is 0 Å². The van der Waals surface area contributed by atoms with Crippen molar-refractivity contribution in [3.8, 4) is 0 Å². The van der Waals surface area contributed by atoms with Gasteiger partial charge in [0.25, 0.3) is 0 Å². The maximum absolute atomic E-state index is 3.61. The van der Waals surface area contributed by atoms with E-state index >= 15 is 0 Å². The fraction of sp³-hybridized carbons (Fsp3) is 0.444. The van der Waals surface area contributed by atoms with Crippen LogP contribution in [0.4, 0.5) is 0 Å². The van der Waals surface area contributed by atoms with Crippen LogP contribution in [0.5, 0.6) is 0 Å². The topological polar surface area (TPSA) is 15.3 Å². The molecule has 3 rings (SSSR count). The minimum atomic E-state index is 0.787. The molecule has 0 aromatic heterocycles. The number of nitrogens with zero attached hydrogens (tertiary/aromatic N) is 1. The monoisotopic (exact) mass is 268 g/mol. The molecule has 0 amide bonds. The Morgan fingerprint density at radius 3 is 2.85 bits per heavy atom. The van der Waals surface area contributed by atoms with Gasteiger partial charge >= 0.3 is 0 Å². The zero-order chi connectivity index (χ0) is 13.8. The summed E-state index contributed by atoms with van der Waals surface area (Å²) in [6.07, 6.45) is 4.00. The lowest BCUT2D eigenvalue weighted by atomic mass is 10.0. The van der Waals surface area contributed by atoms with Crippen molar-refractivity contribution in [3.63, 3.8) is 0 Å². The SMILES string of the molecule is CN1CCCC1CCNCc1cccc2ccccc12. The van der Waals surface area contributed by atoms with Crippen LogP contribution in [0.2, 0.25) is 0 Å². The summed E-state index contributed by atoms with van der Waals surface area (Å²) in [4.78, 5) is 2.50. The normalized spacial score (nSPS) is 19.8. The molecule has 1 saturated heterocycles. The molecule has 2 nitrogen and oxygen atoms in total.